The van der Waals surface area contributed by atoms with Crippen LogP contribution in [0.2, 0.25) is 0 Å². The van der Waals surface area contributed by atoms with Crippen LogP contribution in [0.3, 0.4) is 0 Å². The van der Waals surface area contributed by atoms with Crippen LogP contribution in [0.5, 0.6) is 11.5 Å². The fourth-order valence-corrected chi connectivity index (χ4v) is 4.91. The Bertz CT molecular complexity index is 1180. The second-order valence-corrected chi connectivity index (χ2v) is 9.86. The summed E-state index contributed by atoms with van der Waals surface area (Å²) in [6.45, 7) is 0.736. The summed E-state index contributed by atoms with van der Waals surface area (Å²) in [5.74, 6) is 1.01. The molecule has 0 heterocycles. The second kappa shape index (κ2) is 12.2. The highest BCUT2D eigenvalue weighted by molar-refractivity contribution is 14.1. The molecule has 0 fully saturated rings. The van der Waals surface area contributed by atoms with E-state index in [0.29, 0.717) is 18.9 Å². The standard InChI is InChI=1S/C25H19Br2IN2O3/c1-32-21-8-4-16(5-9-21)14-30-25(31)19(13-29)10-18-11-22(27)24(23(28)12-18)33-15-17-2-6-20(26)7-3-17/h2-12H,14-15H2,1H3,(H,30,31)/b19-10-. The maximum atomic E-state index is 12.5. The van der Waals surface area contributed by atoms with Gasteiger partial charge in [0.05, 0.1) is 15.2 Å². The quantitative estimate of drug-likeness (QED) is 0.165. The van der Waals surface area contributed by atoms with Gasteiger partial charge in [-0.2, -0.15) is 5.26 Å². The van der Waals surface area contributed by atoms with E-state index in [9.17, 15) is 10.1 Å². The Hall–Kier alpha value is -2.35. The van der Waals surface area contributed by atoms with Gasteiger partial charge in [0, 0.05) is 11.0 Å². The lowest BCUT2D eigenvalue weighted by Crippen LogP contribution is -2.23. The molecular formula is C25H19Br2IN2O3. The largest absolute Gasteiger partial charge is 0.497 e. The van der Waals surface area contributed by atoms with E-state index in [1.54, 1.807) is 13.2 Å². The Balaban J connectivity index is 1.68. The number of nitrogens with zero attached hydrogens (tertiary/aromatic N) is 1. The van der Waals surface area contributed by atoms with Crippen LogP contribution in [-0.4, -0.2) is 13.0 Å². The van der Waals surface area contributed by atoms with E-state index in [2.05, 4.69) is 59.8 Å². The zero-order valence-electron chi connectivity index (χ0n) is 17.6. The molecule has 0 atom stereocenters. The van der Waals surface area contributed by atoms with Gasteiger partial charge in [-0.1, -0.05) is 40.2 Å². The second-order valence-electron chi connectivity index (χ2n) is 6.93. The monoisotopic (exact) mass is 680 g/mol. The summed E-state index contributed by atoms with van der Waals surface area (Å²) < 4.78 is 13.7. The van der Waals surface area contributed by atoms with E-state index < -0.39 is 5.91 Å². The fourth-order valence-electron chi connectivity index (χ4n) is 2.87. The zero-order valence-corrected chi connectivity index (χ0v) is 22.9. The molecule has 0 unspecified atom stereocenters. The van der Waals surface area contributed by atoms with Gasteiger partial charge >= 0.3 is 0 Å². The van der Waals surface area contributed by atoms with E-state index in [-0.39, 0.29) is 5.57 Å². The predicted octanol–water partition coefficient (Wildman–Crippen LogP) is 6.63. The molecule has 0 saturated heterocycles. The molecule has 168 valence electrons. The Morgan fingerprint density at radius 3 is 2.36 bits per heavy atom. The number of carbonyl (C=O) groups is 1. The number of ether oxygens (including phenoxy) is 2. The number of hydrogen-bond donors (Lipinski definition) is 1. The van der Waals surface area contributed by atoms with Crippen molar-refractivity contribution >= 4 is 66.4 Å². The molecule has 0 radical (unpaired) electrons. The van der Waals surface area contributed by atoms with Crippen molar-refractivity contribution in [2.24, 2.45) is 0 Å². The van der Waals surface area contributed by atoms with E-state index in [1.807, 2.05) is 66.7 Å². The highest BCUT2D eigenvalue weighted by Crippen LogP contribution is 2.33. The van der Waals surface area contributed by atoms with Crippen LogP contribution >= 0.6 is 54.5 Å². The van der Waals surface area contributed by atoms with Gasteiger partial charge in [0.2, 0.25) is 0 Å². The number of hydrogen-bond acceptors (Lipinski definition) is 4. The summed E-state index contributed by atoms with van der Waals surface area (Å²) in [5, 5.41) is 12.3. The van der Waals surface area contributed by atoms with Crippen LogP contribution in [0.4, 0.5) is 0 Å². The number of halogens is 3. The molecular weight excluding hydrogens is 663 g/mol. The van der Waals surface area contributed by atoms with Crippen LogP contribution in [0, 0.1) is 14.9 Å². The van der Waals surface area contributed by atoms with Gasteiger partial charge in [0.15, 0.2) is 0 Å². The van der Waals surface area contributed by atoms with Crippen molar-refractivity contribution in [3.05, 3.63) is 95.4 Å². The van der Waals surface area contributed by atoms with E-state index in [4.69, 9.17) is 9.47 Å². The molecule has 0 aliphatic carbocycles. The Morgan fingerprint density at radius 1 is 1.09 bits per heavy atom. The third-order valence-electron chi connectivity index (χ3n) is 4.61. The van der Waals surface area contributed by atoms with E-state index in [1.165, 1.54) is 0 Å². The third kappa shape index (κ3) is 7.32. The van der Waals surface area contributed by atoms with Crippen LogP contribution in [0.15, 0.2) is 75.2 Å². The molecule has 3 aromatic rings. The molecule has 33 heavy (non-hydrogen) atoms. The molecule has 8 heteroatoms. The topological polar surface area (TPSA) is 71.3 Å². The van der Waals surface area contributed by atoms with Crippen molar-refractivity contribution in [3.8, 4) is 17.6 Å². The molecule has 3 rings (SSSR count). The van der Waals surface area contributed by atoms with Crippen molar-refractivity contribution in [3.63, 3.8) is 0 Å². The van der Waals surface area contributed by atoms with E-state index >= 15 is 0 Å². The first-order chi connectivity index (χ1) is 15.9. The van der Waals surface area contributed by atoms with Crippen LogP contribution in [0.25, 0.3) is 6.08 Å². The number of benzene rings is 3. The van der Waals surface area contributed by atoms with Gasteiger partial charge in [-0.05, 0) is 97.7 Å². The molecule has 1 amide bonds. The lowest BCUT2D eigenvalue weighted by atomic mass is 10.1. The molecule has 1 N–H and O–H groups in total. The highest BCUT2D eigenvalue weighted by Gasteiger charge is 2.12. The summed E-state index contributed by atoms with van der Waals surface area (Å²) in [6.07, 6.45) is 1.56. The van der Waals surface area contributed by atoms with Gasteiger partial charge in [-0.3, -0.25) is 4.79 Å². The maximum absolute atomic E-state index is 12.5. The normalized spacial score (nSPS) is 10.9. The number of methoxy groups -OCH3 is 1. The minimum atomic E-state index is -0.435. The first-order valence-corrected chi connectivity index (χ1v) is 12.5. The van der Waals surface area contributed by atoms with Crippen molar-refractivity contribution in [2.45, 2.75) is 13.2 Å². The third-order valence-corrected chi connectivity index (χ3v) is 6.52. The average Bonchev–Trinajstić information content (AvgIpc) is 2.82. The van der Waals surface area contributed by atoms with Gasteiger partial charge in [-0.25, -0.2) is 0 Å². The van der Waals surface area contributed by atoms with Crippen molar-refractivity contribution in [2.75, 3.05) is 7.11 Å². The van der Waals surface area contributed by atoms with Gasteiger partial charge in [0.1, 0.15) is 29.7 Å². The first-order valence-electron chi connectivity index (χ1n) is 9.79. The SMILES string of the molecule is COc1ccc(CNC(=O)/C(C#N)=C\c2cc(Br)c(OCc3ccc(Br)cc3)c(I)c2)cc1. The van der Waals surface area contributed by atoms with Crippen molar-refractivity contribution in [1.29, 1.82) is 5.26 Å². The molecule has 0 bridgehead atoms. The molecule has 0 aromatic heterocycles. The summed E-state index contributed by atoms with van der Waals surface area (Å²) in [7, 11) is 1.60. The minimum absolute atomic E-state index is 0.0229. The van der Waals surface area contributed by atoms with Crippen molar-refractivity contribution in [1.82, 2.24) is 5.32 Å². The van der Waals surface area contributed by atoms with Crippen LogP contribution in [-0.2, 0) is 17.9 Å². The molecule has 3 aromatic carbocycles. The lowest BCUT2D eigenvalue weighted by molar-refractivity contribution is -0.117. The van der Waals surface area contributed by atoms with Gasteiger partial charge in [-0.15, -0.1) is 0 Å². The fraction of sp³-hybridized carbons (Fsp3) is 0.120. The minimum Gasteiger partial charge on any atom is -0.497 e. The molecule has 5 nitrogen and oxygen atoms in total. The van der Waals surface area contributed by atoms with Crippen LogP contribution < -0.4 is 14.8 Å². The number of nitriles is 1. The average molecular weight is 682 g/mol. The Kier molecular flexibility index (Phi) is 9.35. The molecule has 0 aliphatic rings. The van der Waals surface area contributed by atoms with Gasteiger partial charge in [0.25, 0.3) is 5.91 Å². The first kappa shape index (κ1) is 25.3. The van der Waals surface area contributed by atoms with E-state index in [0.717, 1.165) is 35.0 Å². The summed E-state index contributed by atoms with van der Waals surface area (Å²) in [4.78, 5) is 12.5. The Labute approximate surface area is 223 Å². The molecule has 0 saturated carbocycles. The number of rotatable bonds is 8. The number of amides is 1. The van der Waals surface area contributed by atoms with Crippen LogP contribution in [0.1, 0.15) is 16.7 Å². The zero-order chi connectivity index (χ0) is 23.8. The van der Waals surface area contributed by atoms with Crippen molar-refractivity contribution < 1.29 is 14.3 Å². The van der Waals surface area contributed by atoms with Gasteiger partial charge < -0.3 is 14.8 Å². The number of nitrogens with one attached hydrogen (secondary N) is 1. The maximum Gasteiger partial charge on any atom is 0.262 e. The molecule has 0 spiro atoms. The smallest absolute Gasteiger partial charge is 0.262 e. The summed E-state index contributed by atoms with van der Waals surface area (Å²) in [6, 6.07) is 21.0. The lowest BCUT2D eigenvalue weighted by Gasteiger charge is -2.12. The summed E-state index contributed by atoms with van der Waals surface area (Å²) >= 11 is 9.15. The highest BCUT2D eigenvalue weighted by atomic mass is 127. The Morgan fingerprint density at radius 2 is 1.76 bits per heavy atom. The predicted molar refractivity (Wildman–Crippen MR) is 144 cm³/mol. The molecule has 0 aliphatic heterocycles. The summed E-state index contributed by atoms with van der Waals surface area (Å²) in [5.41, 5.74) is 2.70. The number of carbonyl (C=O) groups excluding carboxylic acids is 1.